The summed E-state index contributed by atoms with van der Waals surface area (Å²) in [5.41, 5.74) is 2.94. The zero-order valence-corrected chi connectivity index (χ0v) is 15.9. The predicted octanol–water partition coefficient (Wildman–Crippen LogP) is 0.679. The van der Waals surface area contributed by atoms with Gasteiger partial charge < -0.3 is 15.5 Å². The van der Waals surface area contributed by atoms with Crippen molar-refractivity contribution in [3.05, 3.63) is 34.9 Å². The Morgan fingerprint density at radius 1 is 1.18 bits per heavy atom. The van der Waals surface area contributed by atoms with Gasteiger partial charge in [0, 0.05) is 30.6 Å². The lowest BCUT2D eigenvalue weighted by Crippen LogP contribution is -2.52. The first-order chi connectivity index (χ1) is 13.6. The summed E-state index contributed by atoms with van der Waals surface area (Å²) in [6, 6.07) is 5.42. The van der Waals surface area contributed by atoms with Crippen LogP contribution in [0, 0.1) is 5.92 Å². The van der Waals surface area contributed by atoms with E-state index < -0.39 is 6.04 Å². The van der Waals surface area contributed by atoms with Crippen molar-refractivity contribution in [1.82, 2.24) is 20.9 Å². The molecule has 1 aromatic carbocycles. The van der Waals surface area contributed by atoms with Gasteiger partial charge in [0.05, 0.1) is 0 Å². The number of amides is 3. The van der Waals surface area contributed by atoms with Gasteiger partial charge in [-0.05, 0) is 55.8 Å². The van der Waals surface area contributed by atoms with Crippen molar-refractivity contribution in [2.24, 2.45) is 5.92 Å². The zero-order valence-electron chi connectivity index (χ0n) is 15.9. The van der Waals surface area contributed by atoms with E-state index in [0.29, 0.717) is 19.5 Å². The molecule has 0 aromatic heterocycles. The van der Waals surface area contributed by atoms with Gasteiger partial charge in [-0.1, -0.05) is 18.2 Å². The average molecular weight is 382 g/mol. The molecule has 7 heteroatoms. The maximum atomic E-state index is 13.2. The van der Waals surface area contributed by atoms with Gasteiger partial charge in [0.25, 0.3) is 5.91 Å². The number of benzene rings is 1. The molecule has 3 heterocycles. The van der Waals surface area contributed by atoms with Gasteiger partial charge >= 0.3 is 0 Å². The molecule has 7 nitrogen and oxygen atoms in total. The molecular weight excluding hydrogens is 356 g/mol. The molecule has 0 spiro atoms. The highest BCUT2D eigenvalue weighted by atomic mass is 16.2. The van der Waals surface area contributed by atoms with Crippen LogP contribution >= 0.6 is 0 Å². The number of hydrogen-bond donors (Lipinski definition) is 3. The fraction of sp³-hybridized carbons (Fsp3) is 0.571. The van der Waals surface area contributed by atoms with E-state index in [4.69, 9.17) is 0 Å². The fourth-order valence-corrected chi connectivity index (χ4v) is 5.19. The minimum atomic E-state index is -0.558. The summed E-state index contributed by atoms with van der Waals surface area (Å²) in [5, 5.41) is 9.58. The van der Waals surface area contributed by atoms with Gasteiger partial charge in [-0.2, -0.15) is 0 Å². The number of fused-ring (bicyclic) bond motifs is 2. The highest BCUT2D eigenvalue weighted by molar-refractivity contribution is 6.05. The third kappa shape index (κ3) is 2.93. The Balaban J connectivity index is 1.33. The Labute approximate surface area is 164 Å². The van der Waals surface area contributed by atoms with Crippen LogP contribution in [0.2, 0.25) is 0 Å². The monoisotopic (exact) mass is 382 g/mol. The van der Waals surface area contributed by atoms with Crippen molar-refractivity contribution in [2.75, 3.05) is 13.1 Å². The molecule has 3 N–H and O–H groups in total. The molecule has 1 aromatic rings. The second kappa shape index (κ2) is 6.67. The van der Waals surface area contributed by atoms with Crippen LogP contribution in [0.15, 0.2) is 18.2 Å². The third-order valence-corrected chi connectivity index (χ3v) is 6.92. The van der Waals surface area contributed by atoms with Gasteiger partial charge in [0.2, 0.25) is 11.8 Å². The molecule has 5 rings (SSSR count). The molecule has 3 aliphatic heterocycles. The highest BCUT2D eigenvalue weighted by Crippen LogP contribution is 2.49. The van der Waals surface area contributed by atoms with Gasteiger partial charge in [-0.3, -0.25) is 19.7 Å². The van der Waals surface area contributed by atoms with E-state index in [9.17, 15) is 14.4 Å². The highest BCUT2D eigenvalue weighted by Gasteiger charge is 2.53. The average Bonchev–Trinajstić information content (AvgIpc) is 3.30. The maximum Gasteiger partial charge on any atom is 0.255 e. The van der Waals surface area contributed by atoms with E-state index in [0.717, 1.165) is 42.1 Å². The number of nitrogens with one attached hydrogen (secondary N) is 3. The van der Waals surface area contributed by atoms with E-state index in [1.54, 1.807) is 4.90 Å². The van der Waals surface area contributed by atoms with Crippen LogP contribution in [0.1, 0.15) is 53.6 Å². The van der Waals surface area contributed by atoms with Crippen molar-refractivity contribution in [1.29, 1.82) is 0 Å². The molecule has 2 saturated heterocycles. The lowest BCUT2D eigenvalue weighted by atomic mass is 10.0. The number of carbonyl (C=O) groups excluding carboxylic acids is 3. The Hall–Kier alpha value is -2.25. The van der Waals surface area contributed by atoms with Crippen LogP contribution in [0.25, 0.3) is 0 Å². The first-order valence-corrected chi connectivity index (χ1v) is 10.3. The molecule has 1 aliphatic carbocycles. The molecule has 28 heavy (non-hydrogen) atoms. The second-order valence-corrected chi connectivity index (χ2v) is 8.55. The van der Waals surface area contributed by atoms with E-state index in [2.05, 4.69) is 16.0 Å². The minimum Gasteiger partial charge on any atom is -0.322 e. The van der Waals surface area contributed by atoms with Crippen LogP contribution in [0.4, 0.5) is 0 Å². The fourth-order valence-electron chi connectivity index (χ4n) is 5.19. The van der Waals surface area contributed by atoms with Crippen molar-refractivity contribution in [3.63, 3.8) is 0 Å². The van der Waals surface area contributed by atoms with Crippen LogP contribution in [0.3, 0.4) is 0 Å². The third-order valence-electron chi connectivity index (χ3n) is 6.92. The summed E-state index contributed by atoms with van der Waals surface area (Å²) < 4.78 is 0. The Morgan fingerprint density at radius 3 is 2.93 bits per heavy atom. The topological polar surface area (TPSA) is 90.5 Å². The number of imide groups is 1. The standard InChI is InChI=1S/C21H26N4O3/c26-17-5-4-16(19(27)24-17)25-12-14-3-1-2-13(18(14)20(25)28)11-23-21-7-9-22-8-6-15(21)10-21/h1-3,15-16,22-23H,4-12H2,(H,24,26,27). The summed E-state index contributed by atoms with van der Waals surface area (Å²) in [4.78, 5) is 38.5. The normalized spacial score (nSPS) is 31.9. The van der Waals surface area contributed by atoms with Crippen LogP contribution < -0.4 is 16.0 Å². The SMILES string of the molecule is O=C1CCC(N2Cc3cccc(CNC45CCNCCC4C5)c3C2=O)C(=O)N1. The molecule has 0 radical (unpaired) electrons. The van der Waals surface area contributed by atoms with Gasteiger partial charge in [-0.25, -0.2) is 0 Å². The van der Waals surface area contributed by atoms with Crippen molar-refractivity contribution in [3.8, 4) is 0 Å². The molecule has 0 bridgehead atoms. The van der Waals surface area contributed by atoms with E-state index >= 15 is 0 Å². The van der Waals surface area contributed by atoms with Crippen LogP contribution in [0.5, 0.6) is 0 Å². The van der Waals surface area contributed by atoms with E-state index in [-0.39, 0.29) is 29.7 Å². The maximum absolute atomic E-state index is 13.2. The number of carbonyl (C=O) groups is 3. The summed E-state index contributed by atoms with van der Waals surface area (Å²) in [7, 11) is 0. The Morgan fingerprint density at radius 2 is 2.07 bits per heavy atom. The lowest BCUT2D eigenvalue weighted by molar-refractivity contribution is -0.136. The summed E-state index contributed by atoms with van der Waals surface area (Å²) >= 11 is 0. The minimum absolute atomic E-state index is 0.0886. The molecule has 3 amide bonds. The second-order valence-electron chi connectivity index (χ2n) is 8.55. The number of rotatable bonds is 4. The number of hydrogen-bond acceptors (Lipinski definition) is 5. The lowest BCUT2D eigenvalue weighted by Gasteiger charge is -2.29. The zero-order chi connectivity index (χ0) is 19.3. The van der Waals surface area contributed by atoms with E-state index in [1.165, 1.54) is 12.8 Å². The molecule has 1 saturated carbocycles. The molecule has 148 valence electrons. The summed E-state index contributed by atoms with van der Waals surface area (Å²) in [6.45, 7) is 3.24. The summed E-state index contributed by atoms with van der Waals surface area (Å²) in [6.07, 6.45) is 4.24. The van der Waals surface area contributed by atoms with Gasteiger partial charge in [0.15, 0.2) is 0 Å². The first kappa shape index (κ1) is 17.8. The van der Waals surface area contributed by atoms with Crippen molar-refractivity contribution < 1.29 is 14.4 Å². The largest absolute Gasteiger partial charge is 0.322 e. The molecule has 4 aliphatic rings. The molecular formula is C21H26N4O3. The molecule has 3 atom stereocenters. The van der Waals surface area contributed by atoms with Crippen LogP contribution in [-0.4, -0.2) is 47.3 Å². The molecule has 3 fully saturated rings. The number of piperidine rings is 1. The van der Waals surface area contributed by atoms with Crippen LogP contribution in [-0.2, 0) is 22.7 Å². The molecule has 3 unspecified atom stereocenters. The Kier molecular flexibility index (Phi) is 4.25. The quantitative estimate of drug-likeness (QED) is 0.667. The van der Waals surface area contributed by atoms with Crippen molar-refractivity contribution >= 4 is 17.7 Å². The van der Waals surface area contributed by atoms with Gasteiger partial charge in [-0.15, -0.1) is 0 Å². The van der Waals surface area contributed by atoms with E-state index in [1.807, 2.05) is 18.2 Å². The smallest absolute Gasteiger partial charge is 0.255 e. The predicted molar refractivity (Wildman–Crippen MR) is 102 cm³/mol. The van der Waals surface area contributed by atoms with Gasteiger partial charge in [0.1, 0.15) is 6.04 Å². The summed E-state index contributed by atoms with van der Waals surface area (Å²) in [5.74, 6) is 0.0263. The Bertz CT molecular complexity index is 854. The first-order valence-electron chi connectivity index (χ1n) is 10.3. The number of nitrogens with zero attached hydrogens (tertiary/aromatic N) is 1. The van der Waals surface area contributed by atoms with Crippen molar-refractivity contribution in [2.45, 2.75) is 56.8 Å².